The first-order chi connectivity index (χ1) is 5.84. The van der Waals surface area contributed by atoms with Crippen molar-refractivity contribution >= 4 is 17.4 Å². The lowest BCUT2D eigenvalue weighted by Crippen LogP contribution is -1.91. The molecule has 0 atom stereocenters. The monoisotopic (exact) mass is 182 g/mol. The Morgan fingerprint density at radius 1 is 1.58 bits per heavy atom. The number of thioether (sulfide) groups is 1. The van der Waals surface area contributed by atoms with Crippen molar-refractivity contribution in [2.24, 2.45) is 0 Å². The molecule has 0 unspecified atom stereocenters. The first kappa shape index (κ1) is 9.39. The lowest BCUT2D eigenvalue weighted by atomic mass is 10.4. The van der Waals surface area contributed by atoms with Gasteiger partial charge in [0.15, 0.2) is 0 Å². The number of rotatable bonds is 4. The van der Waals surface area contributed by atoms with E-state index < -0.39 is 0 Å². The van der Waals surface area contributed by atoms with E-state index in [2.05, 4.69) is 11.9 Å². The van der Waals surface area contributed by atoms with Gasteiger partial charge in [0.05, 0.1) is 5.69 Å². The molecule has 0 aromatic carbocycles. The lowest BCUT2D eigenvalue weighted by Gasteiger charge is -2.01. The Balaban J connectivity index is 2.46. The molecule has 3 heteroatoms. The SMILES string of the molecule is CCCCSc1ncccc1N. The van der Waals surface area contributed by atoms with Crippen LogP contribution < -0.4 is 5.73 Å². The summed E-state index contributed by atoms with van der Waals surface area (Å²) in [5.74, 6) is 1.11. The predicted molar refractivity (Wildman–Crippen MR) is 54.3 cm³/mol. The van der Waals surface area contributed by atoms with Gasteiger partial charge in [-0.25, -0.2) is 4.98 Å². The summed E-state index contributed by atoms with van der Waals surface area (Å²) in [6.45, 7) is 2.18. The van der Waals surface area contributed by atoms with Crippen LogP contribution in [0.25, 0.3) is 0 Å². The van der Waals surface area contributed by atoms with Gasteiger partial charge in [0.25, 0.3) is 0 Å². The number of anilines is 1. The Morgan fingerprint density at radius 3 is 3.08 bits per heavy atom. The number of nitrogens with two attached hydrogens (primary N) is 1. The zero-order valence-electron chi connectivity index (χ0n) is 7.29. The van der Waals surface area contributed by atoms with Crippen LogP contribution >= 0.6 is 11.8 Å². The quantitative estimate of drug-likeness (QED) is 0.574. The molecule has 2 N–H and O–H groups in total. The van der Waals surface area contributed by atoms with Gasteiger partial charge >= 0.3 is 0 Å². The molecule has 0 amide bonds. The van der Waals surface area contributed by atoms with E-state index in [1.54, 1.807) is 18.0 Å². The fraction of sp³-hybridized carbons (Fsp3) is 0.444. The average molecular weight is 182 g/mol. The molecule has 0 fully saturated rings. The van der Waals surface area contributed by atoms with Gasteiger partial charge in [0, 0.05) is 6.20 Å². The molecule has 0 radical (unpaired) electrons. The molecule has 2 nitrogen and oxygen atoms in total. The van der Waals surface area contributed by atoms with Crippen LogP contribution in [0.5, 0.6) is 0 Å². The predicted octanol–water partition coefficient (Wildman–Crippen LogP) is 2.56. The highest BCUT2D eigenvalue weighted by Gasteiger charge is 1.98. The Morgan fingerprint density at radius 2 is 2.42 bits per heavy atom. The summed E-state index contributed by atoms with van der Waals surface area (Å²) in [6, 6.07) is 3.75. The number of hydrogen-bond acceptors (Lipinski definition) is 3. The molecule has 0 saturated heterocycles. The third-order valence-electron chi connectivity index (χ3n) is 1.54. The van der Waals surface area contributed by atoms with E-state index in [4.69, 9.17) is 5.73 Å². The topological polar surface area (TPSA) is 38.9 Å². The second kappa shape index (κ2) is 5.04. The highest BCUT2D eigenvalue weighted by molar-refractivity contribution is 7.99. The number of hydrogen-bond donors (Lipinski definition) is 1. The summed E-state index contributed by atoms with van der Waals surface area (Å²) in [7, 11) is 0. The van der Waals surface area contributed by atoms with E-state index in [0.29, 0.717) is 0 Å². The highest BCUT2D eigenvalue weighted by atomic mass is 32.2. The van der Waals surface area contributed by atoms with Crippen LogP contribution in [0.1, 0.15) is 19.8 Å². The van der Waals surface area contributed by atoms with Gasteiger partial charge in [-0.05, 0) is 24.3 Å². The number of unbranched alkanes of at least 4 members (excludes halogenated alkanes) is 1. The van der Waals surface area contributed by atoms with E-state index in [1.165, 1.54) is 12.8 Å². The van der Waals surface area contributed by atoms with Gasteiger partial charge in [-0.15, -0.1) is 11.8 Å². The van der Waals surface area contributed by atoms with Crippen molar-refractivity contribution in [1.29, 1.82) is 0 Å². The average Bonchev–Trinajstić information content (AvgIpc) is 2.09. The minimum Gasteiger partial charge on any atom is -0.397 e. The van der Waals surface area contributed by atoms with E-state index in [1.807, 2.05) is 12.1 Å². The van der Waals surface area contributed by atoms with Crippen LogP contribution in [-0.4, -0.2) is 10.7 Å². The van der Waals surface area contributed by atoms with E-state index in [-0.39, 0.29) is 0 Å². The first-order valence-corrected chi connectivity index (χ1v) is 5.16. The molecular weight excluding hydrogens is 168 g/mol. The molecule has 0 aliphatic carbocycles. The standard InChI is InChI=1S/C9H14N2S/c1-2-3-7-12-9-8(10)5-4-6-11-9/h4-6H,2-3,7,10H2,1H3. The summed E-state index contributed by atoms with van der Waals surface area (Å²) in [5.41, 5.74) is 6.51. The fourth-order valence-corrected chi connectivity index (χ4v) is 1.83. The second-order valence-electron chi connectivity index (χ2n) is 2.60. The molecule has 12 heavy (non-hydrogen) atoms. The molecule has 1 aromatic heterocycles. The van der Waals surface area contributed by atoms with Crippen LogP contribution in [0.3, 0.4) is 0 Å². The number of nitrogen functional groups attached to an aromatic ring is 1. The molecular formula is C9H14N2S. The molecule has 0 aliphatic heterocycles. The maximum Gasteiger partial charge on any atom is 0.119 e. The van der Waals surface area contributed by atoms with Crippen molar-refractivity contribution in [2.75, 3.05) is 11.5 Å². The first-order valence-electron chi connectivity index (χ1n) is 4.18. The Kier molecular flexibility index (Phi) is 3.94. The van der Waals surface area contributed by atoms with Crippen molar-refractivity contribution in [3.8, 4) is 0 Å². The van der Waals surface area contributed by atoms with Crippen molar-refractivity contribution < 1.29 is 0 Å². The molecule has 1 rings (SSSR count). The lowest BCUT2D eigenvalue weighted by molar-refractivity contribution is 0.895. The molecule has 0 aliphatic rings. The molecule has 0 spiro atoms. The van der Waals surface area contributed by atoms with E-state index >= 15 is 0 Å². The van der Waals surface area contributed by atoms with Gasteiger partial charge in [0.1, 0.15) is 5.03 Å². The molecule has 1 aromatic rings. The summed E-state index contributed by atoms with van der Waals surface area (Å²) in [5, 5.41) is 0.964. The third-order valence-corrected chi connectivity index (χ3v) is 2.64. The summed E-state index contributed by atoms with van der Waals surface area (Å²) < 4.78 is 0. The molecule has 0 saturated carbocycles. The molecule has 0 bridgehead atoms. The van der Waals surface area contributed by atoms with E-state index in [0.717, 1.165) is 16.5 Å². The van der Waals surface area contributed by atoms with Crippen LogP contribution in [0, 0.1) is 0 Å². The van der Waals surface area contributed by atoms with Gasteiger partial charge in [-0.3, -0.25) is 0 Å². The third kappa shape index (κ3) is 2.74. The van der Waals surface area contributed by atoms with E-state index in [9.17, 15) is 0 Å². The second-order valence-corrected chi connectivity index (χ2v) is 3.68. The Hall–Kier alpha value is -0.700. The number of aromatic nitrogens is 1. The zero-order chi connectivity index (χ0) is 8.81. The van der Waals surface area contributed by atoms with Gasteiger partial charge in [0.2, 0.25) is 0 Å². The van der Waals surface area contributed by atoms with Gasteiger partial charge in [-0.2, -0.15) is 0 Å². The zero-order valence-corrected chi connectivity index (χ0v) is 8.10. The summed E-state index contributed by atoms with van der Waals surface area (Å²) in [6.07, 6.45) is 4.23. The number of nitrogens with zero attached hydrogens (tertiary/aromatic N) is 1. The maximum absolute atomic E-state index is 5.72. The van der Waals surface area contributed by atoms with Crippen LogP contribution in [-0.2, 0) is 0 Å². The smallest absolute Gasteiger partial charge is 0.119 e. The maximum atomic E-state index is 5.72. The molecule has 66 valence electrons. The fourth-order valence-electron chi connectivity index (χ4n) is 0.837. The van der Waals surface area contributed by atoms with Crippen molar-refractivity contribution in [1.82, 2.24) is 4.98 Å². The van der Waals surface area contributed by atoms with Crippen molar-refractivity contribution in [2.45, 2.75) is 24.8 Å². The minimum absolute atomic E-state index is 0.790. The largest absolute Gasteiger partial charge is 0.397 e. The Labute approximate surface area is 77.6 Å². The van der Waals surface area contributed by atoms with Crippen LogP contribution in [0.2, 0.25) is 0 Å². The number of pyridine rings is 1. The summed E-state index contributed by atoms with van der Waals surface area (Å²) in [4.78, 5) is 4.19. The minimum atomic E-state index is 0.790. The van der Waals surface area contributed by atoms with Gasteiger partial charge < -0.3 is 5.73 Å². The van der Waals surface area contributed by atoms with Crippen molar-refractivity contribution in [3.63, 3.8) is 0 Å². The van der Waals surface area contributed by atoms with Crippen LogP contribution in [0.15, 0.2) is 23.4 Å². The molecule has 1 heterocycles. The summed E-state index contributed by atoms with van der Waals surface area (Å²) >= 11 is 1.74. The van der Waals surface area contributed by atoms with Crippen molar-refractivity contribution in [3.05, 3.63) is 18.3 Å². The van der Waals surface area contributed by atoms with Gasteiger partial charge in [-0.1, -0.05) is 13.3 Å². The van der Waals surface area contributed by atoms with Crippen LogP contribution in [0.4, 0.5) is 5.69 Å². The highest BCUT2D eigenvalue weighted by Crippen LogP contribution is 2.22. The normalized spacial score (nSPS) is 10.1. The Bertz CT molecular complexity index is 238.